The van der Waals surface area contributed by atoms with Crippen LogP contribution >= 0.6 is 12.1 Å². The third kappa shape index (κ3) is 6.52. The molecule has 0 amide bonds. The SMILES string of the molecule is C=C(C)[C@@H]1CC[C@]2(NCCN3CCN(SN(CC)CC)CC3)CC[C@]3(C)[C@H](CC[C@@H]4[C@@]5(C)CC=C(c6ccc(C(=O)O)cc6)C(C)(C)[C@@H]5CC[C@]43C)[C@@H]12. The molecule has 7 heteroatoms. The van der Waals surface area contributed by atoms with Crippen molar-refractivity contribution in [2.75, 3.05) is 52.4 Å². The quantitative estimate of drug-likeness (QED) is 0.173. The fraction of sp³-hybridized carbons (Fsp3) is 0.761. The van der Waals surface area contributed by atoms with Crippen LogP contribution in [0.15, 0.2) is 42.5 Å². The van der Waals surface area contributed by atoms with Gasteiger partial charge in [-0.1, -0.05) is 78.8 Å². The molecule has 6 aliphatic rings. The Morgan fingerprint density at radius 3 is 2.25 bits per heavy atom. The fourth-order valence-electron chi connectivity index (χ4n) is 14.3. The topological polar surface area (TPSA) is 59.0 Å². The number of nitrogens with zero attached hydrogens (tertiary/aromatic N) is 3. The summed E-state index contributed by atoms with van der Waals surface area (Å²) in [6.45, 7) is 33.8. The summed E-state index contributed by atoms with van der Waals surface area (Å²) in [5.41, 5.74) is 5.62. The minimum Gasteiger partial charge on any atom is -0.478 e. The molecule has 0 unspecified atom stereocenters. The molecule has 2 N–H and O–H groups in total. The second-order valence-corrected chi connectivity index (χ2v) is 20.9. The molecule has 0 aromatic heterocycles. The van der Waals surface area contributed by atoms with Crippen LogP contribution in [0.2, 0.25) is 0 Å². The predicted molar refractivity (Wildman–Crippen MR) is 223 cm³/mol. The molecule has 5 aliphatic carbocycles. The molecule has 1 heterocycles. The zero-order valence-electron chi connectivity index (χ0n) is 34.6. The van der Waals surface area contributed by atoms with E-state index in [0.29, 0.717) is 40.1 Å². The van der Waals surface area contributed by atoms with E-state index in [1.54, 1.807) is 12.1 Å². The number of benzene rings is 1. The van der Waals surface area contributed by atoms with Gasteiger partial charge in [-0.25, -0.2) is 13.4 Å². The summed E-state index contributed by atoms with van der Waals surface area (Å²) < 4.78 is 5.03. The van der Waals surface area contributed by atoms with Crippen LogP contribution in [0.25, 0.3) is 5.57 Å². The third-order valence-electron chi connectivity index (χ3n) is 17.3. The zero-order valence-corrected chi connectivity index (χ0v) is 35.4. The summed E-state index contributed by atoms with van der Waals surface area (Å²) >= 11 is 1.95. The van der Waals surface area contributed by atoms with Crippen molar-refractivity contribution in [1.29, 1.82) is 0 Å². The van der Waals surface area contributed by atoms with Crippen molar-refractivity contribution in [3.63, 3.8) is 0 Å². The average molecular weight is 745 g/mol. The van der Waals surface area contributed by atoms with Gasteiger partial charge in [0.05, 0.1) is 5.56 Å². The van der Waals surface area contributed by atoms with Gasteiger partial charge in [-0.05, 0) is 139 Å². The summed E-state index contributed by atoms with van der Waals surface area (Å²) in [5, 5.41) is 13.9. The van der Waals surface area contributed by atoms with Crippen molar-refractivity contribution in [3.8, 4) is 0 Å². The van der Waals surface area contributed by atoms with E-state index in [1.165, 1.54) is 81.2 Å². The lowest BCUT2D eigenvalue weighted by molar-refractivity contribution is -0.219. The maximum Gasteiger partial charge on any atom is 0.335 e. The van der Waals surface area contributed by atoms with Crippen LogP contribution in [-0.2, 0) is 0 Å². The summed E-state index contributed by atoms with van der Waals surface area (Å²) in [7, 11) is 0. The molecule has 1 aliphatic heterocycles. The molecule has 0 bridgehead atoms. The van der Waals surface area contributed by atoms with Gasteiger partial charge in [-0.15, -0.1) is 0 Å². The highest BCUT2D eigenvalue weighted by atomic mass is 32.2. The number of hydrogen-bond acceptors (Lipinski definition) is 6. The number of carboxylic acid groups (broad SMARTS) is 1. The van der Waals surface area contributed by atoms with Gasteiger partial charge >= 0.3 is 5.97 Å². The maximum absolute atomic E-state index is 11.6. The van der Waals surface area contributed by atoms with E-state index in [1.807, 2.05) is 12.1 Å². The van der Waals surface area contributed by atoms with Crippen LogP contribution in [0, 0.1) is 51.2 Å². The van der Waals surface area contributed by atoms with E-state index in [2.05, 4.69) is 99.0 Å². The van der Waals surface area contributed by atoms with Crippen LogP contribution in [0.1, 0.15) is 129 Å². The third-order valence-corrected chi connectivity index (χ3v) is 18.6. The molecule has 1 aromatic rings. The van der Waals surface area contributed by atoms with Gasteiger partial charge in [0.2, 0.25) is 0 Å². The van der Waals surface area contributed by atoms with Crippen molar-refractivity contribution < 1.29 is 9.90 Å². The van der Waals surface area contributed by atoms with Crippen LogP contribution in [0.3, 0.4) is 0 Å². The highest BCUT2D eigenvalue weighted by molar-refractivity contribution is 7.94. The van der Waals surface area contributed by atoms with Crippen LogP contribution in [-0.4, -0.2) is 82.5 Å². The van der Waals surface area contributed by atoms with E-state index >= 15 is 0 Å². The van der Waals surface area contributed by atoms with Gasteiger partial charge in [-0.3, -0.25) is 4.90 Å². The molecule has 4 saturated carbocycles. The van der Waals surface area contributed by atoms with Crippen molar-refractivity contribution in [2.24, 2.45) is 51.2 Å². The Morgan fingerprint density at radius 2 is 1.60 bits per heavy atom. The number of nitrogens with one attached hydrogen (secondary N) is 1. The molecule has 0 spiro atoms. The monoisotopic (exact) mass is 745 g/mol. The smallest absolute Gasteiger partial charge is 0.335 e. The Kier molecular flexibility index (Phi) is 11.0. The van der Waals surface area contributed by atoms with Gasteiger partial charge < -0.3 is 10.4 Å². The second-order valence-electron chi connectivity index (χ2n) is 19.7. The van der Waals surface area contributed by atoms with E-state index in [9.17, 15) is 9.90 Å². The Labute approximate surface area is 327 Å². The summed E-state index contributed by atoms with van der Waals surface area (Å²) in [4.78, 5) is 14.3. The van der Waals surface area contributed by atoms with Crippen LogP contribution in [0.4, 0.5) is 0 Å². The number of hydrogen-bond donors (Lipinski definition) is 2. The van der Waals surface area contributed by atoms with Gasteiger partial charge in [-0.2, -0.15) is 0 Å². The Hall–Kier alpha value is -1.64. The van der Waals surface area contributed by atoms with Gasteiger partial charge in [0.1, 0.15) is 0 Å². The number of carbonyl (C=O) groups is 1. The van der Waals surface area contributed by atoms with Crippen molar-refractivity contribution >= 4 is 23.7 Å². The van der Waals surface area contributed by atoms with Crippen molar-refractivity contribution in [3.05, 3.63) is 53.6 Å². The molecule has 0 radical (unpaired) electrons. The number of allylic oxidation sites excluding steroid dienone is 3. The van der Waals surface area contributed by atoms with Crippen LogP contribution < -0.4 is 5.32 Å². The van der Waals surface area contributed by atoms with E-state index in [4.69, 9.17) is 0 Å². The molecule has 1 aromatic carbocycles. The molecule has 9 atom stereocenters. The lowest BCUT2D eigenvalue weighted by atomic mass is 9.33. The molecule has 53 heavy (non-hydrogen) atoms. The summed E-state index contributed by atoms with van der Waals surface area (Å²) in [6.07, 6.45) is 14.3. The van der Waals surface area contributed by atoms with E-state index in [0.717, 1.165) is 51.6 Å². The molecule has 1 saturated heterocycles. The maximum atomic E-state index is 11.6. The first-order valence-electron chi connectivity index (χ1n) is 21.5. The number of piperazine rings is 1. The van der Waals surface area contributed by atoms with E-state index < -0.39 is 5.97 Å². The average Bonchev–Trinajstić information content (AvgIpc) is 3.51. The first kappa shape index (κ1) is 39.6. The Balaban J connectivity index is 1.08. The van der Waals surface area contributed by atoms with Crippen LogP contribution in [0.5, 0.6) is 0 Å². The standard InChI is InChI=1S/C46H72N4O2S/c1-10-49(11-2)53-50-30-28-48(29-31-50)27-26-47-46-23-18-35(32(3)4)40(46)37-16-17-39-43(7)21-19-36(33-12-14-34(15-13-33)41(51)52)42(5,6)38(43)20-22-45(39,9)44(37,8)24-25-46/h12-15,19,35,37-40,47H,3,10-11,16-18,20-31H2,1-2,4-9H3,(H,51,52)/t35-,37+,38-,39+,40+,43-,44+,45+,46-/m0/s1. The Morgan fingerprint density at radius 1 is 0.906 bits per heavy atom. The van der Waals surface area contributed by atoms with Crippen molar-refractivity contribution in [2.45, 2.75) is 119 Å². The number of rotatable bonds is 11. The van der Waals surface area contributed by atoms with Gasteiger partial charge in [0.25, 0.3) is 0 Å². The van der Waals surface area contributed by atoms with E-state index in [-0.39, 0.29) is 16.4 Å². The lowest BCUT2D eigenvalue weighted by Crippen LogP contribution is -2.68. The summed E-state index contributed by atoms with van der Waals surface area (Å²) in [6, 6.07) is 7.68. The zero-order chi connectivity index (χ0) is 38.0. The molecule has 5 fully saturated rings. The van der Waals surface area contributed by atoms with Gasteiger partial charge in [0.15, 0.2) is 0 Å². The molecule has 7 rings (SSSR count). The summed E-state index contributed by atoms with van der Waals surface area (Å²) in [5.74, 6) is 2.54. The molecule has 6 nitrogen and oxygen atoms in total. The minimum atomic E-state index is -0.852. The van der Waals surface area contributed by atoms with Gasteiger partial charge in [0, 0.05) is 70.0 Å². The highest BCUT2D eigenvalue weighted by Gasteiger charge is 2.70. The van der Waals surface area contributed by atoms with Crippen molar-refractivity contribution in [1.82, 2.24) is 18.8 Å². The molecule has 294 valence electrons. The highest BCUT2D eigenvalue weighted by Crippen LogP contribution is 2.76. The number of carboxylic acids is 1. The predicted octanol–water partition coefficient (Wildman–Crippen LogP) is 9.90. The molecular weight excluding hydrogens is 673 g/mol. The largest absolute Gasteiger partial charge is 0.478 e. The second kappa shape index (κ2) is 14.7. The Bertz CT molecular complexity index is 1550. The normalized spacial score (nSPS) is 39.8. The number of fused-ring (bicyclic) bond motifs is 7. The first-order valence-corrected chi connectivity index (χ1v) is 22.2. The first-order chi connectivity index (χ1) is 25.1. The lowest BCUT2D eigenvalue weighted by Gasteiger charge is -2.72. The fourth-order valence-corrected chi connectivity index (χ4v) is 15.2. The minimum absolute atomic E-state index is 0.0375. The molecular formula is C46H72N4O2S. The number of aromatic carboxylic acids is 1.